The van der Waals surface area contributed by atoms with Crippen LogP contribution in [0.25, 0.3) is 0 Å². The summed E-state index contributed by atoms with van der Waals surface area (Å²) in [5.41, 5.74) is 1.21. The van der Waals surface area contributed by atoms with Crippen molar-refractivity contribution in [3.05, 3.63) is 86.7 Å². The van der Waals surface area contributed by atoms with Crippen molar-refractivity contribution in [1.82, 2.24) is 9.80 Å². The van der Waals surface area contributed by atoms with Crippen LogP contribution >= 0.6 is 34.8 Å². The summed E-state index contributed by atoms with van der Waals surface area (Å²) in [6, 6.07) is 16.3. The lowest BCUT2D eigenvalue weighted by Crippen LogP contribution is -2.48. The maximum absolute atomic E-state index is 12.8. The Hall–Kier alpha value is -2.18. The fraction of sp³-hybridized carbons (Fsp3) is 0.261. The second kappa shape index (κ2) is 9.96. The van der Waals surface area contributed by atoms with Gasteiger partial charge in [0.25, 0.3) is 5.91 Å². The van der Waals surface area contributed by atoms with Crippen molar-refractivity contribution < 1.29 is 13.9 Å². The van der Waals surface area contributed by atoms with Crippen molar-refractivity contribution in [3.8, 4) is 5.75 Å². The van der Waals surface area contributed by atoms with Crippen LogP contribution < -0.4 is 4.74 Å². The Kier molecular flexibility index (Phi) is 7.08. The summed E-state index contributed by atoms with van der Waals surface area (Å²) in [7, 11) is 0. The molecule has 0 bridgehead atoms. The highest BCUT2D eigenvalue weighted by molar-refractivity contribution is 6.35. The quantitative estimate of drug-likeness (QED) is 0.450. The Morgan fingerprint density at radius 2 is 1.61 bits per heavy atom. The van der Waals surface area contributed by atoms with Crippen molar-refractivity contribution in [2.75, 3.05) is 26.2 Å². The predicted molar refractivity (Wildman–Crippen MR) is 122 cm³/mol. The average molecular weight is 480 g/mol. The molecule has 8 heteroatoms. The Morgan fingerprint density at radius 3 is 2.32 bits per heavy atom. The molecule has 5 nitrogen and oxygen atoms in total. The van der Waals surface area contributed by atoms with E-state index in [2.05, 4.69) is 4.90 Å². The van der Waals surface area contributed by atoms with Gasteiger partial charge in [-0.05, 0) is 48.0 Å². The molecule has 31 heavy (non-hydrogen) atoms. The molecule has 1 amide bonds. The highest BCUT2D eigenvalue weighted by Gasteiger charge is 2.24. The van der Waals surface area contributed by atoms with Crippen molar-refractivity contribution in [3.63, 3.8) is 0 Å². The minimum absolute atomic E-state index is 0.109. The Morgan fingerprint density at radius 1 is 0.903 bits per heavy atom. The van der Waals surface area contributed by atoms with E-state index in [-0.39, 0.29) is 12.5 Å². The highest BCUT2D eigenvalue weighted by atomic mass is 35.5. The molecule has 1 aromatic heterocycles. The van der Waals surface area contributed by atoms with E-state index >= 15 is 0 Å². The first-order chi connectivity index (χ1) is 15.0. The molecule has 1 saturated heterocycles. The summed E-state index contributed by atoms with van der Waals surface area (Å²) in [5.74, 6) is 1.26. The third kappa shape index (κ3) is 5.74. The van der Waals surface area contributed by atoms with Gasteiger partial charge in [0, 0.05) is 42.8 Å². The number of rotatable bonds is 6. The van der Waals surface area contributed by atoms with E-state index < -0.39 is 0 Å². The number of hydrogen-bond donors (Lipinski definition) is 0. The van der Waals surface area contributed by atoms with Gasteiger partial charge in [-0.3, -0.25) is 9.69 Å². The molecule has 0 saturated carbocycles. The van der Waals surface area contributed by atoms with E-state index in [9.17, 15) is 4.79 Å². The highest BCUT2D eigenvalue weighted by Crippen LogP contribution is 2.28. The number of halogens is 3. The minimum Gasteiger partial charge on any atom is -0.484 e. The lowest BCUT2D eigenvalue weighted by Gasteiger charge is -2.34. The molecule has 2 heterocycles. The summed E-state index contributed by atoms with van der Waals surface area (Å²) in [4.78, 5) is 16.9. The van der Waals surface area contributed by atoms with Gasteiger partial charge in [0.1, 0.15) is 18.1 Å². The van der Waals surface area contributed by atoms with Gasteiger partial charge in [-0.2, -0.15) is 0 Å². The summed E-state index contributed by atoms with van der Waals surface area (Å²) in [6.45, 7) is 3.93. The molecule has 162 valence electrons. The molecule has 1 fully saturated rings. The summed E-state index contributed by atoms with van der Waals surface area (Å²) >= 11 is 18.0. The number of ether oxygens (including phenoxy) is 1. The van der Waals surface area contributed by atoms with Gasteiger partial charge in [-0.15, -0.1) is 0 Å². The number of furan rings is 1. The smallest absolute Gasteiger partial charge is 0.289 e. The molecular weight excluding hydrogens is 459 g/mol. The van der Waals surface area contributed by atoms with Gasteiger partial charge < -0.3 is 14.1 Å². The molecule has 2 aromatic carbocycles. The lowest BCUT2D eigenvalue weighted by atomic mass is 10.2. The van der Waals surface area contributed by atoms with E-state index in [0.29, 0.717) is 40.4 Å². The first kappa shape index (κ1) is 22.0. The van der Waals surface area contributed by atoms with Crippen molar-refractivity contribution in [2.45, 2.75) is 13.2 Å². The minimum atomic E-state index is -0.109. The number of carbonyl (C=O) groups is 1. The lowest BCUT2D eigenvalue weighted by molar-refractivity contribution is 0.0594. The zero-order valence-corrected chi connectivity index (χ0v) is 19.0. The molecule has 0 spiro atoms. The normalized spacial score (nSPS) is 14.6. The van der Waals surface area contributed by atoms with Crippen LogP contribution in [0, 0.1) is 0 Å². The zero-order valence-electron chi connectivity index (χ0n) is 16.7. The molecule has 0 radical (unpaired) electrons. The van der Waals surface area contributed by atoms with Crippen molar-refractivity contribution in [2.24, 2.45) is 0 Å². The molecule has 0 N–H and O–H groups in total. The number of hydrogen-bond acceptors (Lipinski definition) is 4. The third-order valence-electron chi connectivity index (χ3n) is 5.12. The van der Waals surface area contributed by atoms with Crippen LogP contribution in [0.3, 0.4) is 0 Å². The van der Waals surface area contributed by atoms with Crippen LogP contribution in [0.5, 0.6) is 5.75 Å². The number of carbonyl (C=O) groups excluding carboxylic acids is 1. The molecule has 0 unspecified atom stereocenters. The molecule has 3 aromatic rings. The Labute approximate surface area is 196 Å². The topological polar surface area (TPSA) is 45.9 Å². The molecule has 0 atom stereocenters. The molecule has 4 rings (SSSR count). The van der Waals surface area contributed by atoms with Crippen LogP contribution in [-0.4, -0.2) is 41.9 Å². The number of amides is 1. The monoisotopic (exact) mass is 478 g/mol. The standard InChI is InChI=1S/C23H21Cl3N2O3/c24-17-3-1-16(2-4-17)14-27-9-11-28(12-10-27)23(29)22-8-6-19(31-22)15-30-21-7-5-18(25)13-20(21)26/h1-8,13H,9-12,14-15H2. The van der Waals surface area contributed by atoms with Gasteiger partial charge in [0.15, 0.2) is 5.76 Å². The van der Waals surface area contributed by atoms with Gasteiger partial charge in [0.05, 0.1) is 5.02 Å². The number of piperazine rings is 1. The van der Waals surface area contributed by atoms with Gasteiger partial charge in [0.2, 0.25) is 0 Å². The van der Waals surface area contributed by atoms with Crippen LogP contribution in [0.15, 0.2) is 59.0 Å². The Bertz CT molecular complexity index is 1040. The summed E-state index contributed by atoms with van der Waals surface area (Å²) in [5, 5.41) is 1.70. The predicted octanol–water partition coefficient (Wildman–Crippen LogP) is 5.78. The first-order valence-electron chi connectivity index (χ1n) is 9.90. The molecular formula is C23H21Cl3N2O3. The summed E-state index contributed by atoms with van der Waals surface area (Å²) < 4.78 is 11.4. The van der Waals surface area contributed by atoms with Gasteiger partial charge >= 0.3 is 0 Å². The van der Waals surface area contributed by atoms with Crippen molar-refractivity contribution in [1.29, 1.82) is 0 Å². The van der Waals surface area contributed by atoms with Crippen LogP contribution in [-0.2, 0) is 13.2 Å². The maximum atomic E-state index is 12.8. The number of nitrogens with zero attached hydrogens (tertiary/aromatic N) is 2. The van der Waals surface area contributed by atoms with Gasteiger partial charge in [-0.25, -0.2) is 0 Å². The largest absolute Gasteiger partial charge is 0.484 e. The van der Waals surface area contributed by atoms with Crippen molar-refractivity contribution >= 4 is 40.7 Å². The zero-order chi connectivity index (χ0) is 21.8. The molecule has 1 aliphatic rings. The summed E-state index contributed by atoms with van der Waals surface area (Å²) in [6.07, 6.45) is 0. The van der Waals surface area contributed by atoms with E-state index in [1.54, 1.807) is 30.3 Å². The van der Waals surface area contributed by atoms with Gasteiger partial charge in [-0.1, -0.05) is 46.9 Å². The number of benzene rings is 2. The van der Waals surface area contributed by atoms with E-state index in [1.165, 1.54) is 5.56 Å². The van der Waals surface area contributed by atoms with E-state index in [0.717, 1.165) is 24.7 Å². The third-order valence-corrected chi connectivity index (χ3v) is 5.90. The maximum Gasteiger partial charge on any atom is 0.289 e. The SMILES string of the molecule is O=C(c1ccc(COc2ccc(Cl)cc2Cl)o1)N1CCN(Cc2ccc(Cl)cc2)CC1. The van der Waals surface area contributed by atoms with Crippen LogP contribution in [0.4, 0.5) is 0 Å². The average Bonchev–Trinajstić information content (AvgIpc) is 3.24. The Balaban J connectivity index is 1.28. The first-order valence-corrected chi connectivity index (χ1v) is 11.0. The fourth-order valence-electron chi connectivity index (χ4n) is 3.42. The van der Waals surface area contributed by atoms with Crippen LogP contribution in [0.2, 0.25) is 15.1 Å². The van der Waals surface area contributed by atoms with E-state index in [4.69, 9.17) is 44.0 Å². The molecule has 1 aliphatic heterocycles. The fourth-order valence-corrected chi connectivity index (χ4v) is 4.01. The van der Waals surface area contributed by atoms with Crippen LogP contribution in [0.1, 0.15) is 21.9 Å². The molecule has 0 aliphatic carbocycles. The second-order valence-corrected chi connectivity index (χ2v) is 8.60. The second-order valence-electron chi connectivity index (χ2n) is 7.32. The van der Waals surface area contributed by atoms with E-state index in [1.807, 2.05) is 29.2 Å².